The van der Waals surface area contributed by atoms with E-state index in [0.29, 0.717) is 0 Å². The van der Waals surface area contributed by atoms with Gasteiger partial charge in [0.15, 0.2) is 0 Å². The van der Waals surface area contributed by atoms with Crippen molar-refractivity contribution in [2.75, 3.05) is 39.3 Å². The summed E-state index contributed by atoms with van der Waals surface area (Å²) >= 11 is 0. The fourth-order valence-corrected chi connectivity index (χ4v) is 2.10. The molecule has 0 aliphatic carbocycles. The zero-order valence-electron chi connectivity index (χ0n) is 11.6. The van der Waals surface area contributed by atoms with Gasteiger partial charge in [0.1, 0.15) is 5.82 Å². The van der Waals surface area contributed by atoms with Gasteiger partial charge in [0.2, 0.25) is 0 Å². The molecule has 0 unspecified atom stereocenters. The standard InChI is InChI=1S/C12H24N4O/c1-10-11(9-13-2)12(16(4)14-10)15(3)7-6-8-17-5/h13H,6-9H2,1-5H3. The summed E-state index contributed by atoms with van der Waals surface area (Å²) < 4.78 is 7.03. The molecule has 0 amide bonds. The van der Waals surface area contributed by atoms with E-state index < -0.39 is 0 Å². The van der Waals surface area contributed by atoms with Gasteiger partial charge >= 0.3 is 0 Å². The van der Waals surface area contributed by atoms with Crippen molar-refractivity contribution in [3.63, 3.8) is 0 Å². The Morgan fingerprint density at radius 1 is 1.47 bits per heavy atom. The Labute approximate surface area is 104 Å². The molecule has 1 aromatic heterocycles. The molecule has 5 nitrogen and oxygen atoms in total. The average Bonchev–Trinajstić information content (AvgIpc) is 2.55. The first-order valence-corrected chi connectivity index (χ1v) is 5.99. The first kappa shape index (κ1) is 14.0. The SMILES string of the molecule is CNCc1c(C)nn(C)c1N(C)CCCOC. The number of methoxy groups -OCH3 is 1. The minimum absolute atomic E-state index is 0.794. The van der Waals surface area contributed by atoms with Crippen LogP contribution in [0.3, 0.4) is 0 Å². The molecule has 1 rings (SSSR count). The van der Waals surface area contributed by atoms with Crippen LogP contribution in [0.15, 0.2) is 0 Å². The summed E-state index contributed by atoms with van der Waals surface area (Å²) in [6.07, 6.45) is 1.02. The fraction of sp³-hybridized carbons (Fsp3) is 0.750. The third-order valence-corrected chi connectivity index (χ3v) is 2.87. The second kappa shape index (κ2) is 6.61. The van der Waals surface area contributed by atoms with Crippen LogP contribution in [0.1, 0.15) is 17.7 Å². The van der Waals surface area contributed by atoms with Gasteiger partial charge in [0, 0.05) is 46.5 Å². The zero-order valence-corrected chi connectivity index (χ0v) is 11.6. The van der Waals surface area contributed by atoms with Crippen LogP contribution in [0.5, 0.6) is 0 Å². The molecule has 98 valence electrons. The molecule has 0 aliphatic rings. The molecule has 0 aromatic carbocycles. The minimum atomic E-state index is 0.794. The Morgan fingerprint density at radius 2 is 2.18 bits per heavy atom. The van der Waals surface area contributed by atoms with Gasteiger partial charge in [-0.3, -0.25) is 4.68 Å². The molecule has 0 saturated carbocycles. The second-order valence-corrected chi connectivity index (χ2v) is 4.31. The number of nitrogens with one attached hydrogen (secondary N) is 1. The highest BCUT2D eigenvalue weighted by Gasteiger charge is 2.15. The fourth-order valence-electron chi connectivity index (χ4n) is 2.10. The number of hydrogen-bond acceptors (Lipinski definition) is 4. The predicted molar refractivity (Wildman–Crippen MR) is 70.5 cm³/mol. The summed E-state index contributed by atoms with van der Waals surface area (Å²) in [4.78, 5) is 2.24. The lowest BCUT2D eigenvalue weighted by Crippen LogP contribution is -2.24. The summed E-state index contributed by atoms with van der Waals surface area (Å²) in [7, 11) is 7.79. The van der Waals surface area contributed by atoms with Crippen molar-refractivity contribution in [1.82, 2.24) is 15.1 Å². The second-order valence-electron chi connectivity index (χ2n) is 4.31. The summed E-state index contributed by atoms with van der Waals surface area (Å²) in [5, 5.41) is 7.68. The van der Waals surface area contributed by atoms with E-state index in [0.717, 1.165) is 31.8 Å². The lowest BCUT2D eigenvalue weighted by Gasteiger charge is -2.21. The monoisotopic (exact) mass is 240 g/mol. The molecule has 5 heteroatoms. The number of hydrogen-bond donors (Lipinski definition) is 1. The van der Waals surface area contributed by atoms with E-state index in [4.69, 9.17) is 4.74 Å². The highest BCUT2D eigenvalue weighted by atomic mass is 16.5. The van der Waals surface area contributed by atoms with E-state index in [1.165, 1.54) is 11.4 Å². The van der Waals surface area contributed by atoms with Crippen LogP contribution in [0.25, 0.3) is 0 Å². The van der Waals surface area contributed by atoms with Crippen molar-refractivity contribution in [2.45, 2.75) is 19.9 Å². The van der Waals surface area contributed by atoms with Crippen molar-refractivity contribution in [1.29, 1.82) is 0 Å². The molecule has 17 heavy (non-hydrogen) atoms. The molecule has 1 N–H and O–H groups in total. The van der Waals surface area contributed by atoms with E-state index in [2.05, 4.69) is 29.3 Å². The maximum absolute atomic E-state index is 5.08. The van der Waals surface area contributed by atoms with Crippen molar-refractivity contribution in [2.24, 2.45) is 7.05 Å². The Bertz CT molecular complexity index is 349. The van der Waals surface area contributed by atoms with Crippen LogP contribution in [0.2, 0.25) is 0 Å². The summed E-state index contributed by atoms with van der Waals surface area (Å²) in [6.45, 7) is 4.68. The molecule has 1 aromatic rings. The number of nitrogens with zero attached hydrogens (tertiary/aromatic N) is 3. The average molecular weight is 240 g/mol. The maximum Gasteiger partial charge on any atom is 0.131 e. The van der Waals surface area contributed by atoms with E-state index >= 15 is 0 Å². The summed E-state index contributed by atoms with van der Waals surface area (Å²) in [5.41, 5.74) is 2.37. The van der Waals surface area contributed by atoms with E-state index in [1.54, 1.807) is 7.11 Å². The maximum atomic E-state index is 5.08. The van der Waals surface area contributed by atoms with Gasteiger partial charge < -0.3 is 15.0 Å². The van der Waals surface area contributed by atoms with Gasteiger partial charge in [-0.15, -0.1) is 0 Å². The Balaban J connectivity index is 2.79. The Kier molecular flexibility index (Phi) is 5.44. The molecule has 0 aliphatic heterocycles. The lowest BCUT2D eigenvalue weighted by atomic mass is 10.2. The van der Waals surface area contributed by atoms with Gasteiger partial charge in [-0.25, -0.2) is 0 Å². The zero-order chi connectivity index (χ0) is 12.8. The van der Waals surface area contributed by atoms with Crippen molar-refractivity contribution >= 4 is 5.82 Å². The van der Waals surface area contributed by atoms with Gasteiger partial charge in [0.25, 0.3) is 0 Å². The predicted octanol–water partition coefficient (Wildman–Crippen LogP) is 0.921. The molecular formula is C12H24N4O. The van der Waals surface area contributed by atoms with Crippen LogP contribution in [0.4, 0.5) is 5.82 Å². The summed E-state index contributed by atoms with van der Waals surface area (Å²) in [5.74, 6) is 1.19. The van der Waals surface area contributed by atoms with Crippen LogP contribution < -0.4 is 10.2 Å². The molecule has 0 radical (unpaired) electrons. The van der Waals surface area contributed by atoms with Crippen molar-refractivity contribution < 1.29 is 4.74 Å². The topological polar surface area (TPSA) is 42.3 Å². The molecule has 0 bridgehead atoms. The third-order valence-electron chi connectivity index (χ3n) is 2.87. The van der Waals surface area contributed by atoms with Crippen LogP contribution in [0, 0.1) is 6.92 Å². The normalized spacial score (nSPS) is 10.9. The summed E-state index contributed by atoms with van der Waals surface area (Å²) in [6, 6.07) is 0. The van der Waals surface area contributed by atoms with E-state index in [-0.39, 0.29) is 0 Å². The molecular weight excluding hydrogens is 216 g/mol. The van der Waals surface area contributed by atoms with Crippen LogP contribution in [-0.2, 0) is 18.3 Å². The van der Waals surface area contributed by atoms with Crippen LogP contribution >= 0.6 is 0 Å². The van der Waals surface area contributed by atoms with Crippen LogP contribution in [-0.4, -0.2) is 44.1 Å². The Hall–Kier alpha value is -1.07. The molecule has 0 atom stereocenters. The van der Waals surface area contributed by atoms with Crippen molar-refractivity contribution in [3.05, 3.63) is 11.3 Å². The largest absolute Gasteiger partial charge is 0.385 e. The van der Waals surface area contributed by atoms with Gasteiger partial charge in [0.05, 0.1) is 5.69 Å². The minimum Gasteiger partial charge on any atom is -0.385 e. The van der Waals surface area contributed by atoms with E-state index in [1.807, 2.05) is 18.8 Å². The number of anilines is 1. The molecule has 0 spiro atoms. The highest BCUT2D eigenvalue weighted by molar-refractivity contribution is 5.49. The van der Waals surface area contributed by atoms with Gasteiger partial charge in [-0.05, 0) is 20.4 Å². The molecule has 0 fully saturated rings. The number of ether oxygens (including phenoxy) is 1. The van der Waals surface area contributed by atoms with Crippen molar-refractivity contribution in [3.8, 4) is 0 Å². The smallest absolute Gasteiger partial charge is 0.131 e. The van der Waals surface area contributed by atoms with Gasteiger partial charge in [-0.1, -0.05) is 0 Å². The molecule has 1 heterocycles. The van der Waals surface area contributed by atoms with E-state index in [9.17, 15) is 0 Å². The quantitative estimate of drug-likeness (QED) is 0.720. The number of rotatable bonds is 7. The molecule has 0 saturated heterocycles. The lowest BCUT2D eigenvalue weighted by molar-refractivity contribution is 0.196. The number of aromatic nitrogens is 2. The number of aryl methyl sites for hydroxylation is 2. The first-order valence-electron chi connectivity index (χ1n) is 5.99. The Morgan fingerprint density at radius 3 is 2.76 bits per heavy atom. The third kappa shape index (κ3) is 3.44. The first-order chi connectivity index (χ1) is 8.11. The highest BCUT2D eigenvalue weighted by Crippen LogP contribution is 2.22. The van der Waals surface area contributed by atoms with Gasteiger partial charge in [-0.2, -0.15) is 5.10 Å².